The summed E-state index contributed by atoms with van der Waals surface area (Å²) in [7, 11) is -12.7. The van der Waals surface area contributed by atoms with Crippen LogP contribution in [0.15, 0.2) is 185 Å². The normalized spacial score (nSPS) is 18.0. The van der Waals surface area contributed by atoms with Crippen molar-refractivity contribution in [1.29, 1.82) is 15.8 Å². The molecule has 15 rings (SSSR count). The van der Waals surface area contributed by atoms with Crippen molar-refractivity contribution >= 4 is 93.4 Å². The van der Waals surface area contributed by atoms with Crippen molar-refractivity contribution in [2.75, 3.05) is 34.3 Å². The fraction of sp³-hybridized carbons (Fsp3) is 0.359. The lowest BCUT2D eigenvalue weighted by Crippen LogP contribution is -2.59. The summed E-state index contributed by atoms with van der Waals surface area (Å²) in [6, 6.07) is 45.2. The number of para-hydroxylation sites is 1. The summed E-state index contributed by atoms with van der Waals surface area (Å²) in [5.74, 6) is -4.09. The van der Waals surface area contributed by atoms with Gasteiger partial charge >= 0.3 is 5.97 Å². The zero-order chi connectivity index (χ0) is 86.9. The summed E-state index contributed by atoms with van der Waals surface area (Å²) in [5, 5.41) is 47.7. The fourth-order valence-electron chi connectivity index (χ4n) is 16.6. The number of amides is 3. The number of sulfonamides is 3. The van der Waals surface area contributed by atoms with Gasteiger partial charge in [0, 0.05) is 75.4 Å². The number of carboxylic acid groups (broad SMARTS) is 1. The molecule has 634 valence electrons. The molecule has 0 bridgehead atoms. The van der Waals surface area contributed by atoms with Crippen molar-refractivity contribution in [2.24, 2.45) is 0 Å². The maximum atomic E-state index is 14.5. The molecule has 30 heteroatoms. The van der Waals surface area contributed by atoms with Crippen LogP contribution in [-0.2, 0) is 64.1 Å². The van der Waals surface area contributed by atoms with Gasteiger partial charge in [0.25, 0.3) is 0 Å². The predicted octanol–water partition coefficient (Wildman–Crippen LogP) is 16.9. The molecule has 3 aliphatic heterocycles. The molecule has 0 unspecified atom stereocenters. The van der Waals surface area contributed by atoms with Crippen molar-refractivity contribution in [1.82, 2.24) is 22.9 Å². The number of aromatic carboxylic acids is 1. The number of aromatic hydroxyl groups is 1. The van der Waals surface area contributed by atoms with E-state index >= 15 is 0 Å². The summed E-state index contributed by atoms with van der Waals surface area (Å²) < 4.78 is 128. The molecule has 6 fully saturated rings. The zero-order valence-corrected chi connectivity index (χ0v) is 72.3. The van der Waals surface area contributed by atoms with Crippen molar-refractivity contribution in [3.05, 3.63) is 264 Å². The lowest BCUT2D eigenvalue weighted by atomic mass is 9.84. The number of nitrogens with zero attached hydrogens (tertiary/aromatic N) is 11. The molecule has 122 heavy (non-hydrogen) atoms. The minimum Gasteiger partial charge on any atom is -0.507 e. The van der Waals surface area contributed by atoms with Gasteiger partial charge in [-0.05, 0) is 238 Å². The number of carbonyl (C=O) groups excluding carboxylic acids is 3. The molecule has 0 spiro atoms. The second-order valence-corrected chi connectivity index (χ2v) is 38.8. The van der Waals surface area contributed by atoms with Gasteiger partial charge in [-0.15, -0.1) is 0 Å². The molecule has 3 aliphatic carbocycles. The first-order valence-corrected chi connectivity index (χ1v) is 46.3. The smallest absolute Gasteiger partial charge is 0.339 e. The van der Waals surface area contributed by atoms with Crippen LogP contribution in [0.4, 0.5) is 30.2 Å². The topological polar surface area (TPSA) is 328 Å². The van der Waals surface area contributed by atoms with E-state index in [-0.39, 0.29) is 105 Å². The van der Waals surface area contributed by atoms with E-state index in [2.05, 4.69) is 62.9 Å². The molecule has 3 saturated carbocycles. The van der Waals surface area contributed by atoms with Crippen LogP contribution in [0.5, 0.6) is 5.75 Å². The number of phenols is 1. The monoisotopic (exact) mass is 1820 g/mol. The first-order valence-electron chi connectivity index (χ1n) is 40.9. The Morgan fingerprint density at radius 2 is 0.779 bits per heavy atom. The Hall–Kier alpha value is -10.8. The molecule has 3 amide bonds. The summed E-state index contributed by atoms with van der Waals surface area (Å²) in [5.41, 5.74) is 6.95. The highest BCUT2D eigenvalue weighted by Crippen LogP contribution is 2.41. The minimum atomic E-state index is -4.35. The van der Waals surface area contributed by atoms with Gasteiger partial charge in [0.15, 0.2) is 0 Å². The Labute approximate surface area is 723 Å². The van der Waals surface area contributed by atoms with E-state index in [9.17, 15) is 83.6 Å². The van der Waals surface area contributed by atoms with Crippen LogP contribution in [0.3, 0.4) is 0 Å². The minimum absolute atomic E-state index is 0.00149. The number of carboxylic acids is 1. The molecule has 3 atom stereocenters. The highest BCUT2D eigenvalue weighted by molar-refractivity contribution is 14.1. The fourth-order valence-corrected chi connectivity index (χ4v) is 22.0. The van der Waals surface area contributed by atoms with E-state index in [0.29, 0.717) is 59.9 Å². The van der Waals surface area contributed by atoms with E-state index < -0.39 is 88.2 Å². The molecular weight excluding hydrogens is 1730 g/mol. The Kier molecular flexibility index (Phi) is 28.3. The first-order chi connectivity index (χ1) is 58.5. The molecule has 5 heterocycles. The SMILES string of the molecule is Cc1c(F)cc(S(=O)(=O)N2CC[C@@H]2C(=O)N(Cc2ccc(C3CCCCC3)cc2)c2ccccc2)cc1C#N.Cc1c(F)cc(S(=O)(=O)N2CC[C@@H]2C(=O)N(Cc2ccc(C3CCCCC3)cn2)c2ccc(C(=O)O)c(O)c2)cc1C#N.Cc1c(F)cc(S(=O)(=O)N2CC[C@@H]2C(=O)N(Cc2ccc(C3CCCCC3)cn2)c2ccc(I)cc2)cc1C#N. The molecule has 23 nitrogen and oxygen atoms in total. The number of pyridine rings is 2. The molecule has 6 aliphatic rings. The van der Waals surface area contributed by atoms with E-state index in [0.717, 1.165) is 70.8 Å². The maximum Gasteiger partial charge on any atom is 0.339 e. The molecule has 0 radical (unpaired) electrons. The van der Waals surface area contributed by atoms with Gasteiger partial charge in [-0.1, -0.05) is 112 Å². The number of aromatic nitrogens is 2. The van der Waals surface area contributed by atoms with Crippen LogP contribution in [0.25, 0.3) is 0 Å². The number of hydrogen-bond acceptors (Lipinski definition) is 16. The number of halogens is 4. The van der Waals surface area contributed by atoms with Gasteiger partial charge in [0.05, 0.1) is 80.6 Å². The Morgan fingerprint density at radius 1 is 0.434 bits per heavy atom. The Morgan fingerprint density at radius 3 is 1.11 bits per heavy atom. The highest BCUT2D eigenvalue weighted by atomic mass is 127. The van der Waals surface area contributed by atoms with Crippen molar-refractivity contribution in [3.63, 3.8) is 0 Å². The molecule has 2 aromatic heterocycles. The lowest BCUT2D eigenvalue weighted by Gasteiger charge is -2.41. The van der Waals surface area contributed by atoms with Crippen LogP contribution in [0.1, 0.15) is 211 Å². The second kappa shape index (κ2) is 38.8. The average Bonchev–Trinajstić information content (AvgIpc) is 0.756. The molecule has 7 aromatic carbocycles. The van der Waals surface area contributed by atoms with Gasteiger partial charge < -0.3 is 24.9 Å². The number of nitriles is 3. The predicted molar refractivity (Wildman–Crippen MR) is 461 cm³/mol. The largest absolute Gasteiger partial charge is 0.507 e. The second-order valence-electron chi connectivity index (χ2n) is 31.8. The molecular formula is C92H93F3IN11O12S3. The summed E-state index contributed by atoms with van der Waals surface area (Å²) >= 11 is 2.19. The molecule has 3 saturated heterocycles. The van der Waals surface area contributed by atoms with Crippen LogP contribution in [0, 0.1) is 75.8 Å². The summed E-state index contributed by atoms with van der Waals surface area (Å²) in [6.45, 7) is 4.93. The van der Waals surface area contributed by atoms with E-state index in [1.165, 1.54) is 145 Å². The number of carbonyl (C=O) groups is 4. The summed E-state index contributed by atoms with van der Waals surface area (Å²) in [6.07, 6.45) is 22.6. The molecule has 9 aromatic rings. The highest BCUT2D eigenvalue weighted by Gasteiger charge is 2.49. The summed E-state index contributed by atoms with van der Waals surface area (Å²) in [4.78, 5) is 65.9. The zero-order valence-electron chi connectivity index (χ0n) is 67.7. The standard InChI is InChI=1S/C31H31FN4O6S.C31H32FN3O3S.C30H30FIN4O3S/c1-19-22(16-33)13-25(15-27(19)32)43(41,42)36-12-11-28(36)30(38)35(24-9-10-26(31(39)40)29(37)14-24)18-23-8-7-21(17-34-23)20-5-3-2-4-6-20;1-22-26(20-33)18-28(19-29(22)32)39(37,38)35-17-16-30(35)31(36)34(27-10-6-3-7-11-27)21-23-12-14-25(15-13-23)24-8-4-2-5-9-24;1-20-23(17-33)15-27(16-28(20)31)40(38,39)36-14-13-29(36)30(37)35(26-11-8-24(32)9-12-26)19-25-10-7-22(18-34-25)21-5-3-2-4-6-21/h7-10,13-15,17,20,28,37H,2-6,11-12,18H2,1H3,(H,39,40);3,6-7,10-15,18-19,24,30H,2,4-5,8-9,16-17,21H2,1H3;7-12,15-16,18,21,29H,2-6,13-14,19H2,1H3/t28-;30-;29-/m111/s1. The van der Waals surface area contributed by atoms with Gasteiger partial charge in [0.2, 0.25) is 47.8 Å². The molecule has 2 N–H and O–H groups in total. The van der Waals surface area contributed by atoms with E-state index in [1.807, 2.05) is 91.1 Å². The number of anilines is 3. The van der Waals surface area contributed by atoms with E-state index in [4.69, 9.17) is 0 Å². The Bertz CT molecular complexity index is 5900. The maximum absolute atomic E-state index is 14.5. The third-order valence-corrected chi connectivity index (χ3v) is 30.7. The number of hydrogen-bond donors (Lipinski definition) is 2. The van der Waals surface area contributed by atoms with Crippen LogP contribution < -0.4 is 14.7 Å². The van der Waals surface area contributed by atoms with Crippen molar-refractivity contribution < 1.29 is 67.8 Å². The first kappa shape index (κ1) is 89.0. The van der Waals surface area contributed by atoms with E-state index in [1.54, 1.807) is 22.1 Å². The van der Waals surface area contributed by atoms with Gasteiger partial charge in [-0.2, -0.15) is 28.7 Å². The van der Waals surface area contributed by atoms with Gasteiger partial charge in [-0.3, -0.25) is 24.4 Å². The third kappa shape index (κ3) is 19.6. The van der Waals surface area contributed by atoms with Crippen LogP contribution in [-0.4, -0.2) is 120 Å². The number of benzene rings is 7. The average molecular weight is 1820 g/mol. The quantitative estimate of drug-likeness (QED) is 0.0595. The van der Waals surface area contributed by atoms with Gasteiger partial charge in [0.1, 0.15) is 46.9 Å². The van der Waals surface area contributed by atoms with Crippen molar-refractivity contribution in [3.8, 4) is 24.0 Å². The van der Waals surface area contributed by atoms with Gasteiger partial charge in [-0.25, -0.2) is 43.2 Å². The Balaban J connectivity index is 0.000000158. The van der Waals surface area contributed by atoms with Crippen LogP contribution in [0.2, 0.25) is 0 Å². The number of rotatable bonds is 22. The van der Waals surface area contributed by atoms with Crippen LogP contribution >= 0.6 is 22.6 Å². The third-order valence-electron chi connectivity index (χ3n) is 24.3. The lowest BCUT2D eigenvalue weighted by molar-refractivity contribution is -0.125. The van der Waals surface area contributed by atoms with Crippen molar-refractivity contribution in [2.45, 2.75) is 207 Å².